The Kier molecular flexibility index (Phi) is 4.50. The summed E-state index contributed by atoms with van der Waals surface area (Å²) in [7, 11) is 1.91. The van der Waals surface area contributed by atoms with E-state index in [0.29, 0.717) is 6.54 Å². The highest BCUT2D eigenvalue weighted by molar-refractivity contribution is 6.31. The standard InChI is InChI=1S/C14H17Cl2N3/c1-9-14(16)13(19(2)18-9)7-11(8-17)10-3-5-12(15)6-4-10/h3-6,11H,7-8,17H2,1-2H3. The Morgan fingerprint density at radius 3 is 2.37 bits per heavy atom. The molecule has 0 saturated carbocycles. The lowest BCUT2D eigenvalue weighted by Crippen LogP contribution is -2.16. The second kappa shape index (κ2) is 5.95. The second-order valence-corrected chi connectivity index (χ2v) is 5.47. The van der Waals surface area contributed by atoms with Gasteiger partial charge < -0.3 is 5.73 Å². The first-order valence-corrected chi connectivity index (χ1v) is 6.92. The monoisotopic (exact) mass is 297 g/mol. The summed E-state index contributed by atoms with van der Waals surface area (Å²) in [6.45, 7) is 2.47. The lowest BCUT2D eigenvalue weighted by atomic mass is 9.94. The molecule has 1 aromatic carbocycles. The van der Waals surface area contributed by atoms with Crippen LogP contribution in [-0.4, -0.2) is 16.3 Å². The topological polar surface area (TPSA) is 43.8 Å². The number of rotatable bonds is 4. The third-order valence-corrected chi connectivity index (χ3v) is 4.07. The third-order valence-electron chi connectivity index (χ3n) is 3.33. The van der Waals surface area contributed by atoms with Gasteiger partial charge in [0.05, 0.1) is 16.4 Å². The van der Waals surface area contributed by atoms with Gasteiger partial charge in [0.2, 0.25) is 0 Å². The molecule has 0 radical (unpaired) electrons. The van der Waals surface area contributed by atoms with E-state index in [1.54, 1.807) is 0 Å². The van der Waals surface area contributed by atoms with Crippen LogP contribution in [0.25, 0.3) is 0 Å². The summed E-state index contributed by atoms with van der Waals surface area (Å²) >= 11 is 12.2. The van der Waals surface area contributed by atoms with E-state index in [9.17, 15) is 0 Å². The highest BCUT2D eigenvalue weighted by atomic mass is 35.5. The van der Waals surface area contributed by atoms with Crippen molar-refractivity contribution in [2.45, 2.75) is 19.3 Å². The fourth-order valence-corrected chi connectivity index (χ4v) is 2.57. The van der Waals surface area contributed by atoms with Gasteiger partial charge in [0.15, 0.2) is 0 Å². The van der Waals surface area contributed by atoms with Crippen LogP contribution in [-0.2, 0) is 13.5 Å². The second-order valence-electron chi connectivity index (χ2n) is 4.66. The van der Waals surface area contributed by atoms with Crippen LogP contribution in [0.5, 0.6) is 0 Å². The van der Waals surface area contributed by atoms with Crippen LogP contribution < -0.4 is 5.73 Å². The number of hydrogen-bond acceptors (Lipinski definition) is 2. The predicted octanol–water partition coefficient (Wildman–Crippen LogP) is 3.32. The first-order chi connectivity index (χ1) is 9.02. The minimum atomic E-state index is 0.213. The Bertz CT molecular complexity index is 561. The lowest BCUT2D eigenvalue weighted by Gasteiger charge is -2.15. The molecule has 0 spiro atoms. The molecule has 0 amide bonds. The molecule has 0 bridgehead atoms. The van der Waals surface area contributed by atoms with E-state index in [4.69, 9.17) is 28.9 Å². The van der Waals surface area contributed by atoms with Crippen molar-refractivity contribution >= 4 is 23.2 Å². The summed E-state index contributed by atoms with van der Waals surface area (Å²) < 4.78 is 1.83. The summed E-state index contributed by atoms with van der Waals surface area (Å²) in [4.78, 5) is 0. The molecule has 0 aliphatic heterocycles. The fourth-order valence-electron chi connectivity index (χ4n) is 2.21. The molecule has 1 unspecified atom stereocenters. The Hall–Kier alpha value is -1.03. The molecular formula is C14H17Cl2N3. The zero-order chi connectivity index (χ0) is 14.0. The van der Waals surface area contributed by atoms with Crippen molar-refractivity contribution in [2.75, 3.05) is 6.54 Å². The number of aryl methyl sites for hydroxylation is 2. The number of nitrogens with two attached hydrogens (primary N) is 1. The smallest absolute Gasteiger partial charge is 0.0847 e. The Morgan fingerprint density at radius 1 is 1.26 bits per heavy atom. The van der Waals surface area contributed by atoms with Crippen molar-refractivity contribution in [3.8, 4) is 0 Å². The molecule has 0 aliphatic carbocycles. The molecule has 19 heavy (non-hydrogen) atoms. The van der Waals surface area contributed by atoms with Gasteiger partial charge in [-0.2, -0.15) is 5.10 Å². The highest BCUT2D eigenvalue weighted by Crippen LogP contribution is 2.27. The van der Waals surface area contributed by atoms with E-state index in [2.05, 4.69) is 5.10 Å². The molecule has 1 atom stereocenters. The maximum atomic E-state index is 6.28. The molecule has 5 heteroatoms. The molecule has 2 N–H and O–H groups in total. The van der Waals surface area contributed by atoms with Crippen LogP contribution in [0.15, 0.2) is 24.3 Å². The van der Waals surface area contributed by atoms with Crippen LogP contribution in [0.2, 0.25) is 10.0 Å². The Balaban J connectivity index is 2.26. The average Bonchev–Trinajstić information content (AvgIpc) is 2.63. The fraction of sp³-hybridized carbons (Fsp3) is 0.357. The third kappa shape index (κ3) is 3.11. The summed E-state index contributed by atoms with van der Waals surface area (Å²) in [5.74, 6) is 0.213. The molecule has 0 saturated heterocycles. The maximum absolute atomic E-state index is 6.28. The maximum Gasteiger partial charge on any atom is 0.0847 e. The number of halogens is 2. The Morgan fingerprint density at radius 2 is 1.89 bits per heavy atom. The van der Waals surface area contributed by atoms with E-state index in [-0.39, 0.29) is 5.92 Å². The van der Waals surface area contributed by atoms with E-state index in [0.717, 1.165) is 27.9 Å². The van der Waals surface area contributed by atoms with Crippen molar-refractivity contribution in [1.29, 1.82) is 0 Å². The number of benzene rings is 1. The number of nitrogens with zero attached hydrogens (tertiary/aromatic N) is 2. The van der Waals surface area contributed by atoms with Crippen LogP contribution in [0.3, 0.4) is 0 Å². The first kappa shape index (κ1) is 14.4. The first-order valence-electron chi connectivity index (χ1n) is 6.16. The zero-order valence-electron chi connectivity index (χ0n) is 11.0. The molecule has 3 nitrogen and oxygen atoms in total. The minimum absolute atomic E-state index is 0.213. The minimum Gasteiger partial charge on any atom is -0.330 e. The Labute approximate surface area is 123 Å². The molecule has 102 valence electrons. The quantitative estimate of drug-likeness (QED) is 0.941. The zero-order valence-corrected chi connectivity index (χ0v) is 12.5. The largest absolute Gasteiger partial charge is 0.330 e. The van der Waals surface area contributed by atoms with Gasteiger partial charge in [0.25, 0.3) is 0 Å². The van der Waals surface area contributed by atoms with E-state index in [1.807, 2.05) is 42.9 Å². The van der Waals surface area contributed by atoms with Crippen LogP contribution in [0.1, 0.15) is 22.9 Å². The molecular weight excluding hydrogens is 281 g/mol. The van der Waals surface area contributed by atoms with Crippen molar-refractivity contribution in [1.82, 2.24) is 9.78 Å². The van der Waals surface area contributed by atoms with Gasteiger partial charge in [-0.15, -0.1) is 0 Å². The molecule has 0 fully saturated rings. The van der Waals surface area contributed by atoms with Crippen molar-refractivity contribution in [2.24, 2.45) is 12.8 Å². The summed E-state index contributed by atoms with van der Waals surface area (Å²) in [5, 5.41) is 5.79. The summed E-state index contributed by atoms with van der Waals surface area (Å²) in [6, 6.07) is 7.79. The summed E-state index contributed by atoms with van der Waals surface area (Å²) in [6.07, 6.45) is 0.772. The van der Waals surface area contributed by atoms with Gasteiger partial charge in [-0.1, -0.05) is 35.3 Å². The van der Waals surface area contributed by atoms with Gasteiger partial charge in [0.1, 0.15) is 0 Å². The summed E-state index contributed by atoms with van der Waals surface area (Å²) in [5.41, 5.74) is 8.93. The van der Waals surface area contributed by atoms with Crippen molar-refractivity contribution in [3.05, 3.63) is 51.3 Å². The van der Waals surface area contributed by atoms with Gasteiger partial charge in [-0.25, -0.2) is 0 Å². The van der Waals surface area contributed by atoms with E-state index >= 15 is 0 Å². The van der Waals surface area contributed by atoms with Gasteiger partial charge in [-0.05, 0) is 37.6 Å². The van der Waals surface area contributed by atoms with Crippen molar-refractivity contribution in [3.63, 3.8) is 0 Å². The SMILES string of the molecule is Cc1nn(C)c(CC(CN)c2ccc(Cl)cc2)c1Cl. The average molecular weight is 298 g/mol. The number of aromatic nitrogens is 2. The van der Waals surface area contributed by atoms with Gasteiger partial charge >= 0.3 is 0 Å². The highest BCUT2D eigenvalue weighted by Gasteiger charge is 2.17. The lowest BCUT2D eigenvalue weighted by molar-refractivity contribution is 0.629. The molecule has 2 aromatic rings. The molecule has 1 aromatic heterocycles. The van der Waals surface area contributed by atoms with Crippen molar-refractivity contribution < 1.29 is 0 Å². The normalized spacial score (nSPS) is 12.7. The predicted molar refractivity (Wildman–Crippen MR) is 79.9 cm³/mol. The number of hydrogen-bond donors (Lipinski definition) is 1. The van der Waals surface area contributed by atoms with E-state index in [1.165, 1.54) is 5.56 Å². The molecule has 1 heterocycles. The van der Waals surface area contributed by atoms with Crippen LogP contribution in [0.4, 0.5) is 0 Å². The van der Waals surface area contributed by atoms with Gasteiger partial charge in [-0.3, -0.25) is 4.68 Å². The van der Waals surface area contributed by atoms with Gasteiger partial charge in [0, 0.05) is 18.0 Å². The molecule has 2 rings (SSSR count). The van der Waals surface area contributed by atoms with Crippen LogP contribution in [0, 0.1) is 6.92 Å². The van der Waals surface area contributed by atoms with E-state index < -0.39 is 0 Å². The molecule has 0 aliphatic rings. The van der Waals surface area contributed by atoms with Crippen LogP contribution >= 0.6 is 23.2 Å².